The Hall–Kier alpha value is -2.08. The largest absolute Gasteiger partial charge is 0.495 e. The molecule has 6 heteroatoms. The molecule has 1 aliphatic heterocycles. The molecule has 1 aromatic carbocycles. The molecular formula is C16H21NO5. The van der Waals surface area contributed by atoms with Gasteiger partial charge in [-0.25, -0.2) is 4.79 Å². The lowest BCUT2D eigenvalue weighted by Crippen LogP contribution is -2.30. The van der Waals surface area contributed by atoms with E-state index in [1.165, 1.54) is 13.2 Å². The van der Waals surface area contributed by atoms with Crippen molar-refractivity contribution in [2.75, 3.05) is 27.3 Å². The van der Waals surface area contributed by atoms with E-state index in [0.717, 1.165) is 0 Å². The monoisotopic (exact) mass is 307 g/mol. The minimum Gasteiger partial charge on any atom is -0.495 e. The van der Waals surface area contributed by atoms with Crippen LogP contribution in [0.5, 0.6) is 5.75 Å². The highest BCUT2D eigenvalue weighted by atomic mass is 16.5. The van der Waals surface area contributed by atoms with Gasteiger partial charge in [0.25, 0.3) is 5.91 Å². The molecule has 1 N–H and O–H groups in total. The average molecular weight is 307 g/mol. The molecule has 6 nitrogen and oxygen atoms in total. The lowest BCUT2D eigenvalue weighted by molar-refractivity contribution is 0.0428. The van der Waals surface area contributed by atoms with Crippen molar-refractivity contribution in [1.29, 1.82) is 0 Å². The number of hydrogen-bond acceptors (Lipinski definition) is 4. The maximum absolute atomic E-state index is 12.7. The second kappa shape index (κ2) is 5.96. The summed E-state index contributed by atoms with van der Waals surface area (Å²) in [5.41, 5.74) is 0.0900. The number of likely N-dealkylation sites (tertiary alicyclic amines) is 1. The second-order valence-electron chi connectivity index (χ2n) is 6.09. The maximum atomic E-state index is 12.7. The number of hydrogen-bond donors (Lipinski definition) is 1. The molecule has 1 atom stereocenters. The van der Waals surface area contributed by atoms with Crippen LogP contribution in [0.2, 0.25) is 0 Å². The van der Waals surface area contributed by atoms with Crippen molar-refractivity contribution >= 4 is 11.9 Å². The van der Waals surface area contributed by atoms with Crippen LogP contribution in [0.1, 0.15) is 34.6 Å². The molecule has 1 unspecified atom stereocenters. The maximum Gasteiger partial charge on any atom is 0.339 e. The van der Waals surface area contributed by atoms with Gasteiger partial charge in [-0.2, -0.15) is 0 Å². The molecule has 0 radical (unpaired) electrons. The lowest BCUT2D eigenvalue weighted by atomic mass is 9.90. The smallest absolute Gasteiger partial charge is 0.339 e. The molecule has 1 fully saturated rings. The molecule has 1 aromatic rings. The van der Waals surface area contributed by atoms with Gasteiger partial charge >= 0.3 is 5.97 Å². The number of carbonyl (C=O) groups is 2. The molecule has 0 spiro atoms. The fraction of sp³-hybridized carbons (Fsp3) is 0.500. The van der Waals surface area contributed by atoms with Crippen molar-refractivity contribution in [3.63, 3.8) is 0 Å². The van der Waals surface area contributed by atoms with Gasteiger partial charge in [0, 0.05) is 25.6 Å². The minimum atomic E-state index is -1.12. The van der Waals surface area contributed by atoms with Crippen molar-refractivity contribution in [1.82, 2.24) is 4.90 Å². The zero-order valence-corrected chi connectivity index (χ0v) is 13.3. The number of carboxylic acid groups (broad SMARTS) is 1. The summed E-state index contributed by atoms with van der Waals surface area (Å²) in [6, 6.07) is 4.55. The Balaban J connectivity index is 2.35. The quantitative estimate of drug-likeness (QED) is 0.919. The van der Waals surface area contributed by atoms with Gasteiger partial charge in [0.15, 0.2) is 0 Å². The highest BCUT2D eigenvalue weighted by Gasteiger charge is 2.42. The van der Waals surface area contributed by atoms with Gasteiger partial charge in [-0.3, -0.25) is 4.79 Å². The fourth-order valence-electron chi connectivity index (χ4n) is 2.92. The predicted molar refractivity (Wildman–Crippen MR) is 80.4 cm³/mol. The van der Waals surface area contributed by atoms with E-state index in [9.17, 15) is 14.7 Å². The molecule has 22 heavy (non-hydrogen) atoms. The summed E-state index contributed by atoms with van der Waals surface area (Å²) in [5.74, 6) is -1.27. The first-order chi connectivity index (χ1) is 10.3. The Kier molecular flexibility index (Phi) is 4.42. The summed E-state index contributed by atoms with van der Waals surface area (Å²) >= 11 is 0. The van der Waals surface area contributed by atoms with Gasteiger partial charge in [-0.15, -0.1) is 0 Å². The van der Waals surface area contributed by atoms with Gasteiger partial charge in [0.05, 0.1) is 18.8 Å². The van der Waals surface area contributed by atoms with E-state index in [1.54, 1.807) is 24.1 Å². The molecule has 0 aliphatic carbocycles. The van der Waals surface area contributed by atoms with Crippen LogP contribution in [-0.2, 0) is 4.74 Å². The van der Waals surface area contributed by atoms with E-state index in [1.807, 2.05) is 13.8 Å². The van der Waals surface area contributed by atoms with E-state index < -0.39 is 5.97 Å². The van der Waals surface area contributed by atoms with E-state index in [2.05, 4.69) is 0 Å². The van der Waals surface area contributed by atoms with Crippen molar-refractivity contribution < 1.29 is 24.2 Å². The average Bonchev–Trinajstić information content (AvgIpc) is 2.80. The Morgan fingerprint density at radius 1 is 1.27 bits per heavy atom. The highest BCUT2D eigenvalue weighted by molar-refractivity contribution is 6.02. The first kappa shape index (κ1) is 16.3. The molecule has 120 valence electrons. The number of carbonyl (C=O) groups excluding carboxylic acids is 1. The van der Waals surface area contributed by atoms with Crippen LogP contribution < -0.4 is 4.74 Å². The van der Waals surface area contributed by atoms with E-state index in [4.69, 9.17) is 9.47 Å². The first-order valence-corrected chi connectivity index (χ1v) is 7.04. The number of para-hydroxylation sites is 1. The Labute approximate surface area is 129 Å². The summed E-state index contributed by atoms with van der Waals surface area (Å²) < 4.78 is 10.6. The number of rotatable bonds is 4. The van der Waals surface area contributed by atoms with E-state index in [-0.39, 0.29) is 34.3 Å². The topological polar surface area (TPSA) is 76.1 Å². The predicted octanol–water partition coefficient (Wildman–Crippen LogP) is 1.89. The molecule has 0 bridgehead atoms. The molecular weight excluding hydrogens is 286 g/mol. The lowest BCUT2D eigenvalue weighted by Gasteiger charge is -2.23. The van der Waals surface area contributed by atoms with Gasteiger partial charge in [0.2, 0.25) is 0 Å². The zero-order valence-electron chi connectivity index (χ0n) is 13.3. The van der Waals surface area contributed by atoms with Crippen LogP contribution in [0.4, 0.5) is 0 Å². The van der Waals surface area contributed by atoms with Crippen molar-refractivity contribution in [3.05, 3.63) is 29.3 Å². The van der Waals surface area contributed by atoms with E-state index >= 15 is 0 Å². The second-order valence-corrected chi connectivity index (χ2v) is 6.09. The summed E-state index contributed by atoms with van der Waals surface area (Å²) in [6.07, 6.45) is -0.0508. The number of aromatic carboxylic acids is 1. The Morgan fingerprint density at radius 3 is 2.41 bits per heavy atom. The van der Waals surface area contributed by atoms with Gasteiger partial charge in [-0.1, -0.05) is 19.9 Å². The molecule has 1 saturated heterocycles. The van der Waals surface area contributed by atoms with Crippen LogP contribution in [0, 0.1) is 5.41 Å². The fourth-order valence-corrected chi connectivity index (χ4v) is 2.92. The third kappa shape index (κ3) is 2.78. The summed E-state index contributed by atoms with van der Waals surface area (Å²) in [5, 5.41) is 9.21. The standard InChI is InChI=1S/C16H21NO5/c1-16(2)9-17(8-12(16)21-3)14(18)10-6-5-7-11(15(19)20)13(10)22-4/h5-7,12H,8-9H2,1-4H3,(H,19,20). The number of benzene rings is 1. The van der Waals surface area contributed by atoms with Crippen molar-refractivity contribution in [2.24, 2.45) is 5.41 Å². The summed E-state index contributed by atoms with van der Waals surface area (Å²) in [7, 11) is 3.00. The summed E-state index contributed by atoms with van der Waals surface area (Å²) in [4.78, 5) is 25.7. The summed E-state index contributed by atoms with van der Waals surface area (Å²) in [6.45, 7) is 5.10. The third-order valence-electron chi connectivity index (χ3n) is 4.11. The van der Waals surface area contributed by atoms with Crippen LogP contribution in [-0.4, -0.2) is 55.3 Å². The molecule has 1 amide bonds. The number of amides is 1. The molecule has 0 aromatic heterocycles. The van der Waals surface area contributed by atoms with Crippen LogP contribution in [0.15, 0.2) is 18.2 Å². The van der Waals surface area contributed by atoms with Gasteiger partial charge in [0.1, 0.15) is 11.3 Å². The van der Waals surface area contributed by atoms with Crippen LogP contribution in [0.3, 0.4) is 0 Å². The normalized spacial score (nSPS) is 20.0. The van der Waals surface area contributed by atoms with Crippen LogP contribution >= 0.6 is 0 Å². The third-order valence-corrected chi connectivity index (χ3v) is 4.11. The SMILES string of the molecule is COc1c(C(=O)O)cccc1C(=O)N1CC(OC)C(C)(C)C1. The van der Waals surface area contributed by atoms with Crippen LogP contribution in [0.25, 0.3) is 0 Å². The molecule has 0 saturated carbocycles. The Bertz CT molecular complexity index is 596. The minimum absolute atomic E-state index is 0.0184. The highest BCUT2D eigenvalue weighted by Crippen LogP contribution is 2.34. The van der Waals surface area contributed by atoms with Gasteiger partial charge in [-0.05, 0) is 12.1 Å². The molecule has 1 heterocycles. The van der Waals surface area contributed by atoms with Gasteiger partial charge < -0.3 is 19.5 Å². The molecule has 1 aliphatic rings. The number of nitrogens with zero attached hydrogens (tertiary/aromatic N) is 1. The van der Waals surface area contributed by atoms with E-state index in [0.29, 0.717) is 13.1 Å². The Morgan fingerprint density at radius 2 is 1.91 bits per heavy atom. The first-order valence-electron chi connectivity index (χ1n) is 7.04. The van der Waals surface area contributed by atoms with Crippen molar-refractivity contribution in [2.45, 2.75) is 20.0 Å². The molecule has 2 rings (SSSR count). The number of carboxylic acids is 1. The number of ether oxygens (including phenoxy) is 2. The zero-order chi connectivity index (χ0) is 16.5. The number of methoxy groups -OCH3 is 2. The van der Waals surface area contributed by atoms with Crippen molar-refractivity contribution in [3.8, 4) is 5.75 Å².